The second kappa shape index (κ2) is 25.7. The second-order valence-electron chi connectivity index (χ2n) is 10.0. The molecule has 0 saturated carbocycles. The zero-order valence-corrected chi connectivity index (χ0v) is 22.0. The predicted octanol–water partition coefficient (Wildman–Crippen LogP) is 10.9. The quantitative estimate of drug-likeness (QED) is 0.103. The van der Waals surface area contributed by atoms with E-state index in [2.05, 4.69) is 20.8 Å². The smallest absolute Gasteiger partial charge is 0.155 e. The van der Waals surface area contributed by atoms with Gasteiger partial charge in [-0.3, -0.25) is 4.79 Å². The first-order valence-corrected chi connectivity index (χ1v) is 14.4. The molecule has 0 fully saturated rings. The Morgan fingerprint density at radius 1 is 0.452 bits per heavy atom. The van der Waals surface area contributed by atoms with Crippen LogP contribution in [0.25, 0.3) is 0 Å². The zero-order valence-electron chi connectivity index (χ0n) is 22.0. The van der Waals surface area contributed by atoms with E-state index in [1.54, 1.807) is 0 Å². The van der Waals surface area contributed by atoms with E-state index in [-0.39, 0.29) is 0 Å². The van der Waals surface area contributed by atoms with Gasteiger partial charge in [-0.05, 0) is 32.3 Å². The number of hydrogen-bond acceptors (Lipinski definition) is 1. The van der Waals surface area contributed by atoms with Crippen molar-refractivity contribution >= 4 is 5.78 Å². The molecule has 0 saturated heterocycles. The normalized spacial score (nSPS) is 11.9. The Kier molecular flexibility index (Phi) is 25.2. The lowest BCUT2D eigenvalue weighted by atomic mass is 10.0. The van der Waals surface area contributed by atoms with Crippen LogP contribution < -0.4 is 0 Å². The molecule has 0 rings (SSSR count). The molecule has 31 heavy (non-hydrogen) atoms. The summed E-state index contributed by atoms with van der Waals surface area (Å²) in [5, 5.41) is 0. The SMILES string of the molecule is CCCCCCCCCCCCCC(=O)/C=C(/C)CCCCCCCCCCCCC. The van der Waals surface area contributed by atoms with Crippen LogP contribution in [-0.2, 0) is 4.79 Å². The number of ketones is 1. The third-order valence-electron chi connectivity index (χ3n) is 6.61. The minimum atomic E-state index is 0.358. The zero-order chi connectivity index (χ0) is 22.8. The Morgan fingerprint density at radius 3 is 1.10 bits per heavy atom. The highest BCUT2D eigenvalue weighted by molar-refractivity contribution is 5.90. The molecule has 0 aliphatic rings. The summed E-state index contributed by atoms with van der Waals surface area (Å²) in [5.41, 5.74) is 1.30. The van der Waals surface area contributed by atoms with Crippen LogP contribution in [0, 0.1) is 0 Å². The van der Waals surface area contributed by atoms with Gasteiger partial charge in [0.15, 0.2) is 5.78 Å². The summed E-state index contributed by atoms with van der Waals surface area (Å²) in [6, 6.07) is 0. The Morgan fingerprint density at radius 2 is 0.742 bits per heavy atom. The first-order chi connectivity index (χ1) is 15.2. The summed E-state index contributed by atoms with van der Waals surface area (Å²) in [6.45, 7) is 6.71. The highest BCUT2D eigenvalue weighted by Crippen LogP contribution is 2.15. The van der Waals surface area contributed by atoms with Crippen molar-refractivity contribution in [2.75, 3.05) is 0 Å². The minimum Gasteiger partial charge on any atom is -0.295 e. The molecule has 0 aliphatic carbocycles. The van der Waals surface area contributed by atoms with E-state index in [4.69, 9.17) is 0 Å². The molecule has 0 atom stereocenters. The van der Waals surface area contributed by atoms with Gasteiger partial charge in [-0.25, -0.2) is 0 Å². The predicted molar refractivity (Wildman–Crippen MR) is 141 cm³/mol. The van der Waals surface area contributed by atoms with Crippen LogP contribution in [-0.4, -0.2) is 5.78 Å². The molecular weight excluding hydrogens is 376 g/mol. The molecule has 1 heteroatoms. The molecule has 0 N–H and O–H groups in total. The van der Waals surface area contributed by atoms with Gasteiger partial charge in [0.2, 0.25) is 0 Å². The highest BCUT2D eigenvalue weighted by atomic mass is 16.1. The van der Waals surface area contributed by atoms with Crippen molar-refractivity contribution < 1.29 is 4.79 Å². The van der Waals surface area contributed by atoms with Gasteiger partial charge in [0.1, 0.15) is 0 Å². The van der Waals surface area contributed by atoms with Gasteiger partial charge in [0.25, 0.3) is 0 Å². The molecule has 0 radical (unpaired) electrons. The molecule has 1 nitrogen and oxygen atoms in total. The van der Waals surface area contributed by atoms with Gasteiger partial charge >= 0.3 is 0 Å². The number of rotatable bonds is 25. The Balaban J connectivity index is 3.40. The molecule has 0 unspecified atom stereocenters. The third-order valence-corrected chi connectivity index (χ3v) is 6.61. The number of carbonyl (C=O) groups is 1. The van der Waals surface area contributed by atoms with Gasteiger partial charge in [-0.15, -0.1) is 0 Å². The van der Waals surface area contributed by atoms with Crippen molar-refractivity contribution in [3.8, 4) is 0 Å². The molecule has 0 aromatic carbocycles. The van der Waals surface area contributed by atoms with Gasteiger partial charge in [0.05, 0.1) is 0 Å². The number of allylic oxidation sites excluding steroid dienone is 2. The van der Waals surface area contributed by atoms with E-state index in [1.807, 2.05) is 6.08 Å². The highest BCUT2D eigenvalue weighted by Gasteiger charge is 2.01. The lowest BCUT2D eigenvalue weighted by Crippen LogP contribution is -1.95. The van der Waals surface area contributed by atoms with Gasteiger partial charge in [0, 0.05) is 6.42 Å². The molecular formula is C30H58O. The summed E-state index contributed by atoms with van der Waals surface area (Å²) in [4.78, 5) is 12.1. The van der Waals surface area contributed by atoms with Crippen LogP contribution >= 0.6 is 0 Å². The maximum Gasteiger partial charge on any atom is 0.155 e. The van der Waals surface area contributed by atoms with E-state index in [0.29, 0.717) is 5.78 Å². The van der Waals surface area contributed by atoms with Crippen molar-refractivity contribution in [1.82, 2.24) is 0 Å². The Bertz CT molecular complexity index is 395. The van der Waals surface area contributed by atoms with Gasteiger partial charge in [-0.2, -0.15) is 0 Å². The van der Waals surface area contributed by atoms with Crippen molar-refractivity contribution in [2.24, 2.45) is 0 Å². The van der Waals surface area contributed by atoms with E-state index in [0.717, 1.165) is 19.3 Å². The topological polar surface area (TPSA) is 17.1 Å². The Labute approximate surface area is 197 Å². The molecule has 0 aromatic heterocycles. The first-order valence-electron chi connectivity index (χ1n) is 14.4. The van der Waals surface area contributed by atoms with Crippen molar-refractivity contribution in [3.05, 3.63) is 11.6 Å². The van der Waals surface area contributed by atoms with Crippen LogP contribution in [0.5, 0.6) is 0 Å². The number of carbonyl (C=O) groups excluding carboxylic acids is 1. The van der Waals surface area contributed by atoms with Crippen LogP contribution in [0.2, 0.25) is 0 Å². The molecule has 0 amide bonds. The van der Waals surface area contributed by atoms with Crippen LogP contribution in [0.3, 0.4) is 0 Å². The fourth-order valence-electron chi connectivity index (χ4n) is 4.45. The fraction of sp³-hybridized carbons (Fsp3) is 0.900. The maximum absolute atomic E-state index is 12.1. The van der Waals surface area contributed by atoms with Crippen molar-refractivity contribution in [2.45, 2.75) is 175 Å². The maximum atomic E-state index is 12.1. The molecule has 0 aliphatic heterocycles. The van der Waals surface area contributed by atoms with Crippen molar-refractivity contribution in [1.29, 1.82) is 0 Å². The molecule has 184 valence electrons. The lowest BCUT2D eigenvalue weighted by molar-refractivity contribution is -0.114. The first kappa shape index (κ1) is 30.4. The van der Waals surface area contributed by atoms with Crippen LogP contribution in [0.15, 0.2) is 11.6 Å². The van der Waals surface area contributed by atoms with Crippen LogP contribution in [0.4, 0.5) is 0 Å². The number of hydrogen-bond donors (Lipinski definition) is 0. The third kappa shape index (κ3) is 25.5. The summed E-state index contributed by atoms with van der Waals surface area (Å²) < 4.78 is 0. The minimum absolute atomic E-state index is 0.358. The largest absolute Gasteiger partial charge is 0.295 e. The molecule has 0 heterocycles. The Hall–Kier alpha value is -0.590. The van der Waals surface area contributed by atoms with Crippen LogP contribution in [0.1, 0.15) is 175 Å². The average Bonchev–Trinajstić information content (AvgIpc) is 2.75. The van der Waals surface area contributed by atoms with E-state index in [1.165, 1.54) is 140 Å². The standard InChI is InChI=1S/C30H58O/c1-4-6-8-10-12-14-16-18-20-22-24-26-29(3)28-30(31)27-25-23-21-19-17-15-13-11-9-7-5-2/h28H,4-27H2,1-3H3/b29-28-. The monoisotopic (exact) mass is 434 g/mol. The molecule has 0 aromatic rings. The summed E-state index contributed by atoms with van der Waals surface area (Å²) in [7, 11) is 0. The summed E-state index contributed by atoms with van der Waals surface area (Å²) in [5.74, 6) is 0.358. The molecule has 0 bridgehead atoms. The van der Waals surface area contributed by atoms with E-state index >= 15 is 0 Å². The second-order valence-corrected chi connectivity index (χ2v) is 10.0. The fourth-order valence-corrected chi connectivity index (χ4v) is 4.45. The van der Waals surface area contributed by atoms with Crippen molar-refractivity contribution in [3.63, 3.8) is 0 Å². The average molecular weight is 435 g/mol. The van der Waals surface area contributed by atoms with Gasteiger partial charge in [-0.1, -0.05) is 148 Å². The van der Waals surface area contributed by atoms with E-state index < -0.39 is 0 Å². The summed E-state index contributed by atoms with van der Waals surface area (Å²) in [6.07, 6.45) is 33.8. The lowest BCUT2D eigenvalue weighted by Gasteiger charge is -2.04. The number of unbranched alkanes of at least 4 members (excludes halogenated alkanes) is 20. The van der Waals surface area contributed by atoms with Gasteiger partial charge < -0.3 is 0 Å². The molecule has 0 spiro atoms. The summed E-state index contributed by atoms with van der Waals surface area (Å²) >= 11 is 0. The van der Waals surface area contributed by atoms with E-state index in [9.17, 15) is 4.79 Å².